The van der Waals surface area contributed by atoms with Crippen LogP contribution >= 0.6 is 11.8 Å². The third kappa shape index (κ3) is 3.59. The van der Waals surface area contributed by atoms with Gasteiger partial charge in [0.05, 0.1) is 17.1 Å². The molecule has 0 aliphatic rings. The van der Waals surface area contributed by atoms with Crippen LogP contribution in [-0.2, 0) is 10.2 Å². The molecule has 0 atom stereocenters. The Morgan fingerprint density at radius 3 is 2.75 bits per heavy atom. The number of carbonyl (C=O) groups is 1. The summed E-state index contributed by atoms with van der Waals surface area (Å²) in [4.78, 5) is 24.0. The van der Waals surface area contributed by atoms with Crippen LogP contribution < -0.4 is 0 Å². The predicted molar refractivity (Wildman–Crippen MR) is 96.4 cm³/mol. The molecule has 0 saturated carbocycles. The number of fused-ring (bicyclic) bond motifs is 1. The van der Waals surface area contributed by atoms with Crippen molar-refractivity contribution >= 4 is 28.6 Å². The lowest BCUT2D eigenvalue weighted by Gasteiger charge is -2.16. The Hall–Kier alpha value is -2.34. The van der Waals surface area contributed by atoms with Crippen LogP contribution in [0.25, 0.3) is 22.3 Å². The van der Waals surface area contributed by atoms with Crippen molar-refractivity contribution in [2.24, 2.45) is 0 Å². The normalized spacial score (nSPS) is 11.8. The first-order valence-corrected chi connectivity index (χ1v) is 8.63. The van der Waals surface area contributed by atoms with E-state index < -0.39 is 5.97 Å². The molecule has 2 heterocycles. The number of benzene rings is 1. The lowest BCUT2D eigenvalue weighted by molar-refractivity contribution is -0.133. The number of carboxylic acid groups (broad SMARTS) is 1. The number of hydrogen-bond acceptors (Lipinski definition) is 4. The van der Waals surface area contributed by atoms with Gasteiger partial charge in [-0.1, -0.05) is 20.8 Å². The molecule has 0 spiro atoms. The monoisotopic (exact) mass is 341 g/mol. The van der Waals surface area contributed by atoms with Gasteiger partial charge in [-0.15, -0.1) is 11.8 Å². The van der Waals surface area contributed by atoms with Crippen LogP contribution in [0.2, 0.25) is 0 Å². The van der Waals surface area contributed by atoms with Gasteiger partial charge in [-0.2, -0.15) is 0 Å². The van der Waals surface area contributed by atoms with Crippen LogP contribution in [0.5, 0.6) is 0 Å². The molecule has 0 unspecified atom stereocenters. The maximum Gasteiger partial charge on any atom is 0.313 e. The molecule has 3 rings (SSSR count). The van der Waals surface area contributed by atoms with Crippen molar-refractivity contribution in [1.29, 1.82) is 0 Å². The summed E-state index contributed by atoms with van der Waals surface area (Å²) in [6.45, 7) is 6.26. The van der Waals surface area contributed by atoms with Crippen molar-refractivity contribution in [3.8, 4) is 11.4 Å². The summed E-state index contributed by atoms with van der Waals surface area (Å²) < 4.78 is 0. The van der Waals surface area contributed by atoms with E-state index in [-0.39, 0.29) is 11.2 Å². The fourth-order valence-electron chi connectivity index (χ4n) is 2.35. The Balaban J connectivity index is 1.95. The van der Waals surface area contributed by atoms with Gasteiger partial charge in [0.2, 0.25) is 0 Å². The minimum Gasteiger partial charge on any atom is -0.481 e. The predicted octanol–water partition coefficient (Wildman–Crippen LogP) is 4.10. The van der Waals surface area contributed by atoms with Gasteiger partial charge in [0.1, 0.15) is 5.82 Å². The molecule has 5 nitrogen and oxygen atoms in total. The highest BCUT2D eigenvalue weighted by atomic mass is 32.2. The van der Waals surface area contributed by atoms with E-state index in [2.05, 4.69) is 35.7 Å². The molecule has 2 N–H and O–H groups in total. The summed E-state index contributed by atoms with van der Waals surface area (Å²) in [6, 6.07) is 9.81. The largest absolute Gasteiger partial charge is 0.481 e. The molecule has 6 heteroatoms. The average Bonchev–Trinajstić information content (AvgIpc) is 2.95. The van der Waals surface area contributed by atoms with Crippen LogP contribution in [-0.4, -0.2) is 31.8 Å². The zero-order valence-electron chi connectivity index (χ0n) is 13.8. The highest BCUT2D eigenvalue weighted by Crippen LogP contribution is 2.28. The Kier molecular flexibility index (Phi) is 4.32. The van der Waals surface area contributed by atoms with Crippen molar-refractivity contribution in [3.63, 3.8) is 0 Å². The summed E-state index contributed by atoms with van der Waals surface area (Å²) in [5.74, 6) is 0.0470. The van der Waals surface area contributed by atoms with Gasteiger partial charge >= 0.3 is 5.97 Å². The van der Waals surface area contributed by atoms with E-state index >= 15 is 0 Å². The number of H-pyrrole nitrogens is 1. The average molecular weight is 341 g/mol. The van der Waals surface area contributed by atoms with Crippen molar-refractivity contribution in [3.05, 3.63) is 42.4 Å². The molecule has 3 aromatic rings. The number of hydrogen-bond donors (Lipinski definition) is 2. The number of aromatic amines is 1. The summed E-state index contributed by atoms with van der Waals surface area (Å²) in [5, 5.41) is 9.83. The quantitative estimate of drug-likeness (QED) is 0.699. The molecule has 0 radical (unpaired) electrons. The lowest BCUT2D eigenvalue weighted by Crippen LogP contribution is -2.15. The van der Waals surface area contributed by atoms with Crippen molar-refractivity contribution in [2.45, 2.75) is 31.1 Å². The van der Waals surface area contributed by atoms with E-state index in [1.807, 2.05) is 30.3 Å². The second-order valence-electron chi connectivity index (χ2n) is 6.63. The second kappa shape index (κ2) is 6.28. The minimum atomic E-state index is -0.814. The van der Waals surface area contributed by atoms with Gasteiger partial charge < -0.3 is 10.1 Å². The van der Waals surface area contributed by atoms with Crippen LogP contribution in [0, 0.1) is 0 Å². The van der Waals surface area contributed by atoms with E-state index in [0.29, 0.717) is 0 Å². The lowest BCUT2D eigenvalue weighted by atomic mass is 9.95. The number of carboxylic acids is 1. The number of aromatic nitrogens is 3. The van der Waals surface area contributed by atoms with Crippen molar-refractivity contribution < 1.29 is 9.90 Å². The van der Waals surface area contributed by atoms with E-state index in [0.717, 1.165) is 33.0 Å². The molecule has 2 aromatic heterocycles. The van der Waals surface area contributed by atoms with Crippen molar-refractivity contribution in [2.75, 3.05) is 5.75 Å². The highest BCUT2D eigenvalue weighted by molar-refractivity contribution is 8.00. The maximum atomic E-state index is 10.7. The van der Waals surface area contributed by atoms with Gasteiger partial charge in [-0.25, -0.2) is 9.97 Å². The zero-order chi connectivity index (χ0) is 17.3. The first kappa shape index (κ1) is 16.5. The van der Waals surface area contributed by atoms with E-state index in [4.69, 9.17) is 5.11 Å². The Morgan fingerprint density at radius 1 is 1.25 bits per heavy atom. The van der Waals surface area contributed by atoms with Gasteiger partial charge in [0.25, 0.3) is 0 Å². The molecule has 0 amide bonds. The standard InChI is InChI=1S/C18H19N3O2S/c1-18(2,3)17-19-7-6-14(21-17)15-9-11-8-12(24-10-16(22)23)4-5-13(11)20-15/h4-9,20H,10H2,1-3H3,(H,22,23). The van der Waals surface area contributed by atoms with Gasteiger partial charge in [0.15, 0.2) is 0 Å². The smallest absolute Gasteiger partial charge is 0.313 e. The molecule has 24 heavy (non-hydrogen) atoms. The number of nitrogens with zero attached hydrogens (tertiary/aromatic N) is 2. The third-order valence-electron chi connectivity index (χ3n) is 3.56. The summed E-state index contributed by atoms with van der Waals surface area (Å²) >= 11 is 1.32. The molecule has 0 saturated heterocycles. The molecule has 0 aliphatic carbocycles. The first-order valence-electron chi connectivity index (χ1n) is 7.64. The molecule has 1 aromatic carbocycles. The Morgan fingerprint density at radius 2 is 2.04 bits per heavy atom. The Labute approximate surface area is 144 Å². The third-order valence-corrected chi connectivity index (χ3v) is 4.54. The summed E-state index contributed by atoms with van der Waals surface area (Å²) in [5.41, 5.74) is 2.67. The highest BCUT2D eigenvalue weighted by Gasteiger charge is 2.18. The van der Waals surface area contributed by atoms with Gasteiger partial charge in [-0.05, 0) is 30.3 Å². The molecule has 0 fully saturated rings. The summed E-state index contributed by atoms with van der Waals surface area (Å²) in [6.07, 6.45) is 1.78. The maximum absolute atomic E-state index is 10.7. The van der Waals surface area contributed by atoms with Crippen molar-refractivity contribution in [1.82, 2.24) is 15.0 Å². The molecule has 124 valence electrons. The van der Waals surface area contributed by atoms with Gasteiger partial charge in [-0.3, -0.25) is 4.79 Å². The van der Waals surface area contributed by atoms with Crippen LogP contribution in [0.1, 0.15) is 26.6 Å². The van der Waals surface area contributed by atoms with Crippen LogP contribution in [0.15, 0.2) is 41.4 Å². The van der Waals surface area contributed by atoms with Crippen LogP contribution in [0.4, 0.5) is 0 Å². The molecular weight excluding hydrogens is 322 g/mol. The van der Waals surface area contributed by atoms with Crippen LogP contribution in [0.3, 0.4) is 0 Å². The second-order valence-corrected chi connectivity index (χ2v) is 7.68. The minimum absolute atomic E-state index is 0.0592. The summed E-state index contributed by atoms with van der Waals surface area (Å²) in [7, 11) is 0. The zero-order valence-corrected chi connectivity index (χ0v) is 14.6. The fraction of sp³-hybridized carbons (Fsp3) is 0.278. The number of rotatable bonds is 4. The molecule has 0 aliphatic heterocycles. The van der Waals surface area contributed by atoms with E-state index in [1.54, 1.807) is 6.20 Å². The number of nitrogens with one attached hydrogen (secondary N) is 1. The topological polar surface area (TPSA) is 78.9 Å². The fourth-order valence-corrected chi connectivity index (χ4v) is 3.02. The Bertz CT molecular complexity index is 897. The number of thioether (sulfide) groups is 1. The first-order chi connectivity index (χ1) is 11.3. The molecular formula is C18H19N3O2S. The van der Waals surface area contributed by atoms with E-state index in [9.17, 15) is 4.79 Å². The molecule has 0 bridgehead atoms. The van der Waals surface area contributed by atoms with Gasteiger partial charge in [0, 0.05) is 27.4 Å². The SMILES string of the molecule is CC(C)(C)c1nccc(-c2cc3cc(SCC(=O)O)ccc3[nH]2)n1. The van der Waals surface area contributed by atoms with E-state index in [1.165, 1.54) is 11.8 Å². The number of aliphatic carboxylic acids is 1.